The minimum atomic E-state index is -0.844. The van der Waals surface area contributed by atoms with Crippen molar-refractivity contribution in [3.63, 3.8) is 0 Å². The van der Waals surface area contributed by atoms with Crippen molar-refractivity contribution in [2.45, 2.75) is 6.92 Å². The van der Waals surface area contributed by atoms with E-state index in [1.54, 1.807) is 7.05 Å². The van der Waals surface area contributed by atoms with Crippen LogP contribution in [0, 0.1) is 17.6 Å². The van der Waals surface area contributed by atoms with Gasteiger partial charge in [0.1, 0.15) is 17.2 Å². The van der Waals surface area contributed by atoms with Crippen molar-refractivity contribution in [1.82, 2.24) is 10.6 Å². The number of rotatable bonds is 5. The molecule has 1 unspecified atom stereocenters. The lowest BCUT2D eigenvalue weighted by atomic mass is 10.1. The molecule has 0 aliphatic carbocycles. The zero-order valence-electron chi connectivity index (χ0n) is 9.89. The van der Waals surface area contributed by atoms with Crippen molar-refractivity contribution in [3.05, 3.63) is 35.4 Å². The molecule has 0 aliphatic rings. The van der Waals surface area contributed by atoms with E-state index in [0.717, 1.165) is 18.7 Å². The van der Waals surface area contributed by atoms with Crippen LogP contribution in [0.5, 0.6) is 0 Å². The Hall–Kier alpha value is -1.49. The Morgan fingerprint density at radius 2 is 1.88 bits per heavy atom. The van der Waals surface area contributed by atoms with Gasteiger partial charge in [0.05, 0.1) is 0 Å². The second kappa shape index (κ2) is 6.30. The summed E-state index contributed by atoms with van der Waals surface area (Å²) in [5.74, 6) is -2.21. The van der Waals surface area contributed by atoms with E-state index >= 15 is 0 Å². The van der Waals surface area contributed by atoms with Gasteiger partial charge in [0.15, 0.2) is 0 Å². The number of halogens is 2. The van der Waals surface area contributed by atoms with Gasteiger partial charge in [0.25, 0.3) is 5.91 Å². The van der Waals surface area contributed by atoms with E-state index in [-0.39, 0.29) is 5.92 Å². The third-order valence-corrected chi connectivity index (χ3v) is 2.35. The lowest BCUT2D eigenvalue weighted by Gasteiger charge is -2.12. The maximum Gasteiger partial charge on any atom is 0.257 e. The van der Waals surface area contributed by atoms with E-state index in [1.807, 2.05) is 6.92 Å². The predicted molar refractivity (Wildman–Crippen MR) is 61.8 cm³/mol. The Bertz CT molecular complexity index is 376. The number of hydrogen-bond donors (Lipinski definition) is 2. The molecule has 0 aliphatic heterocycles. The molecule has 2 N–H and O–H groups in total. The lowest BCUT2D eigenvalue weighted by Crippen LogP contribution is -2.33. The van der Waals surface area contributed by atoms with Gasteiger partial charge in [-0.15, -0.1) is 0 Å². The van der Waals surface area contributed by atoms with Crippen molar-refractivity contribution in [2.24, 2.45) is 5.92 Å². The quantitative estimate of drug-likeness (QED) is 0.822. The predicted octanol–water partition coefficient (Wildman–Crippen LogP) is 1.55. The molecule has 0 heterocycles. The minimum absolute atomic E-state index is 0.193. The summed E-state index contributed by atoms with van der Waals surface area (Å²) >= 11 is 0. The SMILES string of the molecule is CNCC(C)CNC(=O)c1c(F)cccc1F. The third-order valence-electron chi connectivity index (χ3n) is 2.35. The fourth-order valence-electron chi connectivity index (χ4n) is 1.49. The summed E-state index contributed by atoms with van der Waals surface area (Å²) in [4.78, 5) is 11.6. The fraction of sp³-hybridized carbons (Fsp3) is 0.417. The molecule has 0 fully saturated rings. The van der Waals surface area contributed by atoms with Crippen LogP contribution < -0.4 is 10.6 Å². The molecule has 0 bridgehead atoms. The molecule has 0 aromatic heterocycles. The highest BCUT2D eigenvalue weighted by Crippen LogP contribution is 2.11. The van der Waals surface area contributed by atoms with Gasteiger partial charge in [0.2, 0.25) is 0 Å². The van der Waals surface area contributed by atoms with Crippen LogP contribution in [-0.2, 0) is 0 Å². The third kappa shape index (κ3) is 3.78. The van der Waals surface area contributed by atoms with Crippen LogP contribution in [0.15, 0.2) is 18.2 Å². The topological polar surface area (TPSA) is 41.1 Å². The van der Waals surface area contributed by atoms with E-state index < -0.39 is 23.1 Å². The Labute approximate surface area is 99.2 Å². The van der Waals surface area contributed by atoms with E-state index in [2.05, 4.69) is 10.6 Å². The van der Waals surface area contributed by atoms with Gasteiger partial charge in [-0.25, -0.2) is 8.78 Å². The molecule has 0 spiro atoms. The number of hydrogen-bond acceptors (Lipinski definition) is 2. The van der Waals surface area contributed by atoms with Crippen molar-refractivity contribution in [1.29, 1.82) is 0 Å². The maximum atomic E-state index is 13.3. The molecule has 0 saturated carbocycles. The van der Waals surface area contributed by atoms with Gasteiger partial charge >= 0.3 is 0 Å². The minimum Gasteiger partial charge on any atom is -0.352 e. The molecule has 1 atom stereocenters. The van der Waals surface area contributed by atoms with Gasteiger partial charge in [0, 0.05) is 6.54 Å². The van der Waals surface area contributed by atoms with Crippen LogP contribution in [0.3, 0.4) is 0 Å². The summed E-state index contributed by atoms with van der Waals surface area (Å²) in [7, 11) is 1.80. The average Bonchev–Trinajstić information content (AvgIpc) is 2.26. The summed E-state index contributed by atoms with van der Waals surface area (Å²) in [6.45, 7) is 3.02. The Morgan fingerprint density at radius 1 is 1.29 bits per heavy atom. The van der Waals surface area contributed by atoms with E-state index in [9.17, 15) is 13.6 Å². The smallest absolute Gasteiger partial charge is 0.257 e. The summed E-state index contributed by atoms with van der Waals surface area (Å²) in [6.07, 6.45) is 0. The van der Waals surface area contributed by atoms with Crippen LogP contribution in [0.25, 0.3) is 0 Å². The molecule has 94 valence electrons. The molecule has 5 heteroatoms. The molecule has 3 nitrogen and oxygen atoms in total. The van der Waals surface area contributed by atoms with Crippen LogP contribution in [0.2, 0.25) is 0 Å². The summed E-state index contributed by atoms with van der Waals surface area (Å²) in [6, 6.07) is 3.36. The first-order chi connectivity index (χ1) is 8.06. The molecular weight excluding hydrogens is 226 g/mol. The fourth-order valence-corrected chi connectivity index (χ4v) is 1.49. The first-order valence-corrected chi connectivity index (χ1v) is 5.43. The second-order valence-corrected chi connectivity index (χ2v) is 3.97. The zero-order chi connectivity index (χ0) is 12.8. The monoisotopic (exact) mass is 242 g/mol. The molecule has 1 aromatic rings. The molecule has 1 amide bonds. The zero-order valence-corrected chi connectivity index (χ0v) is 9.89. The van der Waals surface area contributed by atoms with Crippen LogP contribution in [-0.4, -0.2) is 26.0 Å². The van der Waals surface area contributed by atoms with Crippen molar-refractivity contribution in [2.75, 3.05) is 20.1 Å². The van der Waals surface area contributed by atoms with Gasteiger partial charge in [-0.3, -0.25) is 4.79 Å². The Kier molecular flexibility index (Phi) is 5.03. The number of carbonyl (C=O) groups is 1. The van der Waals surface area contributed by atoms with Crippen molar-refractivity contribution < 1.29 is 13.6 Å². The number of amides is 1. The first-order valence-electron chi connectivity index (χ1n) is 5.43. The molecule has 17 heavy (non-hydrogen) atoms. The second-order valence-electron chi connectivity index (χ2n) is 3.97. The highest BCUT2D eigenvalue weighted by Gasteiger charge is 2.16. The Morgan fingerprint density at radius 3 is 2.41 bits per heavy atom. The van der Waals surface area contributed by atoms with Gasteiger partial charge in [-0.1, -0.05) is 13.0 Å². The van der Waals surface area contributed by atoms with E-state index in [0.29, 0.717) is 6.54 Å². The lowest BCUT2D eigenvalue weighted by molar-refractivity contribution is 0.0939. The normalized spacial score (nSPS) is 12.2. The first kappa shape index (κ1) is 13.6. The van der Waals surface area contributed by atoms with Crippen LogP contribution in [0.1, 0.15) is 17.3 Å². The molecule has 0 saturated heterocycles. The average molecular weight is 242 g/mol. The molecule has 1 aromatic carbocycles. The highest BCUT2D eigenvalue weighted by atomic mass is 19.1. The summed E-state index contributed by atoms with van der Waals surface area (Å²) in [5, 5.41) is 5.46. The number of benzene rings is 1. The van der Waals surface area contributed by atoms with Crippen molar-refractivity contribution in [3.8, 4) is 0 Å². The van der Waals surface area contributed by atoms with E-state index in [1.165, 1.54) is 6.07 Å². The van der Waals surface area contributed by atoms with Gasteiger partial charge < -0.3 is 10.6 Å². The molecule has 0 radical (unpaired) electrons. The summed E-state index contributed by atoms with van der Waals surface area (Å²) < 4.78 is 26.5. The number of carbonyl (C=O) groups excluding carboxylic acids is 1. The Balaban J connectivity index is 2.64. The number of nitrogens with one attached hydrogen (secondary N) is 2. The molecule has 1 rings (SSSR count). The van der Waals surface area contributed by atoms with Crippen LogP contribution in [0.4, 0.5) is 8.78 Å². The largest absolute Gasteiger partial charge is 0.352 e. The van der Waals surface area contributed by atoms with Crippen LogP contribution >= 0.6 is 0 Å². The summed E-state index contributed by atoms with van der Waals surface area (Å²) in [5.41, 5.74) is -0.524. The standard InChI is InChI=1S/C12H16F2N2O/c1-8(6-15-2)7-16-12(17)11-9(13)4-3-5-10(11)14/h3-5,8,15H,6-7H2,1-2H3,(H,16,17). The van der Waals surface area contributed by atoms with Gasteiger partial charge in [-0.2, -0.15) is 0 Å². The molecular formula is C12H16F2N2O. The highest BCUT2D eigenvalue weighted by molar-refractivity contribution is 5.94. The van der Waals surface area contributed by atoms with Crippen molar-refractivity contribution >= 4 is 5.91 Å². The maximum absolute atomic E-state index is 13.3. The van der Waals surface area contributed by atoms with Gasteiger partial charge in [-0.05, 0) is 31.6 Å². The van der Waals surface area contributed by atoms with E-state index in [4.69, 9.17) is 0 Å².